The minimum atomic E-state index is -0.377. The van der Waals surface area contributed by atoms with Crippen LogP contribution in [-0.4, -0.2) is 22.3 Å². The fraction of sp³-hybridized carbons (Fsp3) is 0.364. The van der Waals surface area contributed by atoms with Gasteiger partial charge in [-0.25, -0.2) is 0 Å². The Hall–Kier alpha value is -1.71. The molecule has 2 rings (SSSR count). The number of esters is 1. The number of ether oxygens (including phenoxy) is 1. The summed E-state index contributed by atoms with van der Waals surface area (Å²) in [5, 5.41) is 18.6. The van der Waals surface area contributed by atoms with Gasteiger partial charge < -0.3 is 14.9 Å². The topological polar surface area (TPSA) is 66.8 Å². The Balaban J connectivity index is 2.33. The number of benzene rings is 1. The van der Waals surface area contributed by atoms with Crippen molar-refractivity contribution in [3.05, 3.63) is 23.8 Å². The first-order valence-electron chi connectivity index (χ1n) is 4.79. The first-order valence-corrected chi connectivity index (χ1v) is 4.79. The lowest BCUT2D eigenvalue weighted by molar-refractivity contribution is -0.141. The molecule has 1 heterocycles. The predicted molar refractivity (Wildman–Crippen MR) is 52.7 cm³/mol. The first-order chi connectivity index (χ1) is 7.06. The summed E-state index contributed by atoms with van der Waals surface area (Å²) in [5.41, 5.74) is 0.599. The third-order valence-electron chi connectivity index (χ3n) is 2.50. The average molecular weight is 208 g/mol. The van der Waals surface area contributed by atoms with Crippen LogP contribution < -0.4 is 0 Å². The number of carbonyl (C=O) groups excluding carboxylic acids is 1. The van der Waals surface area contributed by atoms with Gasteiger partial charge in [-0.15, -0.1) is 0 Å². The average Bonchev–Trinajstić information content (AvgIpc) is 2.43. The molecule has 4 nitrogen and oxygen atoms in total. The molecular weight excluding hydrogens is 196 g/mol. The molecule has 0 saturated carbocycles. The molecular formula is C11H12O4. The third-order valence-corrected chi connectivity index (χ3v) is 2.50. The molecule has 15 heavy (non-hydrogen) atoms. The number of carbonyl (C=O) groups is 1. The largest absolute Gasteiger partial charge is 0.508 e. The van der Waals surface area contributed by atoms with Gasteiger partial charge in [-0.2, -0.15) is 0 Å². The number of phenolic OH excluding ortho intramolecular Hbond substituents is 2. The second kappa shape index (κ2) is 3.46. The molecule has 4 heteroatoms. The maximum Gasteiger partial charge on any atom is 0.313 e. The Labute approximate surface area is 87.1 Å². The van der Waals surface area contributed by atoms with E-state index in [0.29, 0.717) is 12.0 Å². The molecule has 1 fully saturated rings. The molecule has 1 aliphatic heterocycles. The predicted octanol–water partition coefficient (Wildman–Crippen LogP) is 1.52. The van der Waals surface area contributed by atoms with Crippen molar-refractivity contribution in [3.63, 3.8) is 0 Å². The van der Waals surface area contributed by atoms with Crippen molar-refractivity contribution in [1.29, 1.82) is 0 Å². The van der Waals surface area contributed by atoms with E-state index in [9.17, 15) is 15.0 Å². The smallest absolute Gasteiger partial charge is 0.313 e. The van der Waals surface area contributed by atoms with Crippen molar-refractivity contribution >= 4 is 5.97 Å². The fourth-order valence-electron chi connectivity index (χ4n) is 1.85. The standard InChI is InChI=1S/C11H12O4/c1-6-2-10(11(14)15-6)7-3-8(12)5-9(13)4-7/h3-6,10,12-13H,2H2,1H3. The van der Waals surface area contributed by atoms with Gasteiger partial charge >= 0.3 is 5.97 Å². The van der Waals surface area contributed by atoms with Gasteiger partial charge in [-0.05, 0) is 24.6 Å². The van der Waals surface area contributed by atoms with Crippen LogP contribution in [0.1, 0.15) is 24.8 Å². The molecule has 0 amide bonds. The molecule has 1 aromatic rings. The second-order valence-electron chi connectivity index (χ2n) is 3.82. The molecule has 2 atom stereocenters. The highest BCUT2D eigenvalue weighted by molar-refractivity contribution is 5.80. The summed E-state index contributed by atoms with van der Waals surface area (Å²) in [5.74, 6) is -0.764. The van der Waals surface area contributed by atoms with Crippen molar-refractivity contribution in [3.8, 4) is 11.5 Å². The summed E-state index contributed by atoms with van der Waals surface area (Å²) in [6.07, 6.45) is 0.480. The van der Waals surface area contributed by atoms with Gasteiger partial charge in [-0.3, -0.25) is 4.79 Å². The third kappa shape index (κ3) is 1.88. The fourth-order valence-corrected chi connectivity index (χ4v) is 1.85. The van der Waals surface area contributed by atoms with E-state index in [0.717, 1.165) is 0 Å². The van der Waals surface area contributed by atoms with E-state index in [1.165, 1.54) is 18.2 Å². The number of rotatable bonds is 1. The van der Waals surface area contributed by atoms with E-state index in [1.54, 1.807) is 0 Å². The zero-order valence-electron chi connectivity index (χ0n) is 8.30. The number of hydrogen-bond donors (Lipinski definition) is 2. The van der Waals surface area contributed by atoms with Gasteiger partial charge in [0.05, 0.1) is 5.92 Å². The van der Waals surface area contributed by atoms with Crippen LogP contribution >= 0.6 is 0 Å². The summed E-state index contributed by atoms with van der Waals surface area (Å²) in [6, 6.07) is 4.18. The molecule has 0 radical (unpaired) electrons. The minimum Gasteiger partial charge on any atom is -0.508 e. The van der Waals surface area contributed by atoms with Crippen LogP contribution in [-0.2, 0) is 9.53 Å². The number of cyclic esters (lactones) is 1. The molecule has 0 spiro atoms. The molecule has 1 saturated heterocycles. The molecule has 1 aliphatic rings. The van der Waals surface area contributed by atoms with Crippen LogP contribution in [0.15, 0.2) is 18.2 Å². The van der Waals surface area contributed by atoms with Gasteiger partial charge in [0.25, 0.3) is 0 Å². The monoisotopic (exact) mass is 208 g/mol. The lowest BCUT2D eigenvalue weighted by atomic mass is 9.95. The summed E-state index contributed by atoms with van der Waals surface area (Å²) in [6.45, 7) is 1.82. The number of aromatic hydroxyl groups is 2. The van der Waals surface area contributed by atoms with Gasteiger partial charge in [-0.1, -0.05) is 0 Å². The molecule has 80 valence electrons. The number of phenols is 2. The van der Waals surface area contributed by atoms with Crippen LogP contribution in [0.3, 0.4) is 0 Å². The molecule has 2 N–H and O–H groups in total. The Morgan fingerprint density at radius 2 is 1.87 bits per heavy atom. The van der Waals surface area contributed by atoms with Gasteiger partial charge in [0.2, 0.25) is 0 Å². The van der Waals surface area contributed by atoms with Gasteiger partial charge in [0.15, 0.2) is 0 Å². The SMILES string of the molecule is CC1CC(c2cc(O)cc(O)c2)C(=O)O1. The van der Waals surface area contributed by atoms with E-state index >= 15 is 0 Å². The lowest BCUT2D eigenvalue weighted by Crippen LogP contribution is -2.05. The van der Waals surface area contributed by atoms with Gasteiger partial charge in [0, 0.05) is 12.5 Å². The molecule has 2 unspecified atom stereocenters. The maximum atomic E-state index is 11.4. The zero-order valence-corrected chi connectivity index (χ0v) is 8.30. The molecule has 0 aliphatic carbocycles. The van der Waals surface area contributed by atoms with E-state index in [1.807, 2.05) is 6.92 Å². The zero-order chi connectivity index (χ0) is 11.0. The highest BCUT2D eigenvalue weighted by atomic mass is 16.5. The van der Waals surface area contributed by atoms with Crippen LogP contribution in [0.2, 0.25) is 0 Å². The van der Waals surface area contributed by atoms with E-state index in [-0.39, 0.29) is 29.5 Å². The normalized spacial score (nSPS) is 25.3. The maximum absolute atomic E-state index is 11.4. The van der Waals surface area contributed by atoms with Crippen LogP contribution in [0.25, 0.3) is 0 Å². The van der Waals surface area contributed by atoms with Crippen molar-refractivity contribution < 1.29 is 19.7 Å². The summed E-state index contributed by atoms with van der Waals surface area (Å²) in [7, 11) is 0. The second-order valence-corrected chi connectivity index (χ2v) is 3.82. The Morgan fingerprint density at radius 1 is 1.27 bits per heavy atom. The van der Waals surface area contributed by atoms with Crippen LogP contribution in [0.5, 0.6) is 11.5 Å². The Morgan fingerprint density at radius 3 is 2.33 bits per heavy atom. The van der Waals surface area contributed by atoms with Crippen molar-refractivity contribution in [2.24, 2.45) is 0 Å². The number of hydrogen-bond acceptors (Lipinski definition) is 4. The highest BCUT2D eigenvalue weighted by Crippen LogP contribution is 2.34. The quantitative estimate of drug-likeness (QED) is 0.686. The Bertz CT molecular complexity index is 379. The first kappa shape index (κ1) is 9.83. The summed E-state index contributed by atoms with van der Waals surface area (Å²) in [4.78, 5) is 11.4. The summed E-state index contributed by atoms with van der Waals surface area (Å²) >= 11 is 0. The van der Waals surface area contributed by atoms with Crippen molar-refractivity contribution in [2.75, 3.05) is 0 Å². The minimum absolute atomic E-state index is 0.0441. The van der Waals surface area contributed by atoms with Crippen LogP contribution in [0, 0.1) is 0 Å². The lowest BCUT2D eigenvalue weighted by Gasteiger charge is -2.06. The molecule has 0 bridgehead atoms. The van der Waals surface area contributed by atoms with E-state index < -0.39 is 0 Å². The summed E-state index contributed by atoms with van der Waals surface area (Å²) < 4.78 is 5.01. The van der Waals surface area contributed by atoms with Crippen molar-refractivity contribution in [1.82, 2.24) is 0 Å². The van der Waals surface area contributed by atoms with E-state index in [4.69, 9.17) is 4.74 Å². The molecule has 0 aromatic heterocycles. The Kier molecular flexibility index (Phi) is 2.26. The van der Waals surface area contributed by atoms with Crippen molar-refractivity contribution in [2.45, 2.75) is 25.4 Å². The van der Waals surface area contributed by atoms with Gasteiger partial charge in [0.1, 0.15) is 17.6 Å². The highest BCUT2D eigenvalue weighted by Gasteiger charge is 2.33. The molecule has 1 aromatic carbocycles. The van der Waals surface area contributed by atoms with Crippen LogP contribution in [0.4, 0.5) is 0 Å². The van der Waals surface area contributed by atoms with E-state index in [2.05, 4.69) is 0 Å².